The van der Waals surface area contributed by atoms with E-state index in [2.05, 4.69) is 21.2 Å². The maximum Gasteiger partial charge on any atom is 0.266 e. The Kier molecular flexibility index (Phi) is 3.81. The summed E-state index contributed by atoms with van der Waals surface area (Å²) in [5.74, 6) is -0.844. The van der Waals surface area contributed by atoms with Gasteiger partial charge in [-0.25, -0.2) is 4.39 Å². The number of rotatable bonds is 2. The number of nitrogens with one attached hydrogen (secondary N) is 1. The van der Waals surface area contributed by atoms with Gasteiger partial charge in [-0.1, -0.05) is 11.6 Å². The molecule has 0 radical (unpaired) electrons. The SMILES string of the molecule is O=C(Nc1ccc(Cl)c(F)c1)c1sccc1Br. The Morgan fingerprint density at radius 3 is 2.76 bits per heavy atom. The molecule has 0 aliphatic carbocycles. The number of anilines is 1. The van der Waals surface area contributed by atoms with Gasteiger partial charge in [0.25, 0.3) is 5.91 Å². The molecular weight excluding hydrogens is 329 g/mol. The van der Waals surface area contributed by atoms with E-state index in [0.717, 1.165) is 4.47 Å². The topological polar surface area (TPSA) is 29.1 Å². The van der Waals surface area contributed by atoms with Crippen LogP contribution < -0.4 is 5.32 Å². The van der Waals surface area contributed by atoms with Crippen LogP contribution in [-0.4, -0.2) is 5.91 Å². The quantitative estimate of drug-likeness (QED) is 0.857. The van der Waals surface area contributed by atoms with Crippen LogP contribution in [0.1, 0.15) is 9.67 Å². The highest BCUT2D eigenvalue weighted by Gasteiger charge is 2.12. The standard InChI is InChI=1S/C11H6BrClFNOS/c12-7-3-4-17-10(7)11(16)15-6-1-2-8(13)9(14)5-6/h1-5H,(H,15,16). The van der Waals surface area contributed by atoms with E-state index in [1.807, 2.05) is 0 Å². The monoisotopic (exact) mass is 333 g/mol. The summed E-state index contributed by atoms with van der Waals surface area (Å²) in [6, 6.07) is 5.91. The minimum Gasteiger partial charge on any atom is -0.321 e. The van der Waals surface area contributed by atoms with Crippen LogP contribution in [0.4, 0.5) is 10.1 Å². The Morgan fingerprint density at radius 1 is 1.41 bits per heavy atom. The molecule has 0 spiro atoms. The van der Waals surface area contributed by atoms with Gasteiger partial charge in [0, 0.05) is 10.2 Å². The molecule has 0 saturated carbocycles. The number of benzene rings is 1. The van der Waals surface area contributed by atoms with Gasteiger partial charge in [0.1, 0.15) is 10.7 Å². The van der Waals surface area contributed by atoms with E-state index in [-0.39, 0.29) is 10.9 Å². The second kappa shape index (κ2) is 5.16. The highest BCUT2D eigenvalue weighted by Crippen LogP contribution is 2.24. The van der Waals surface area contributed by atoms with Crippen LogP contribution in [0.3, 0.4) is 0 Å². The molecule has 0 atom stereocenters. The maximum atomic E-state index is 13.2. The fourth-order valence-electron chi connectivity index (χ4n) is 1.22. The predicted octanol–water partition coefficient (Wildman–Crippen LogP) is 4.56. The molecule has 0 fully saturated rings. The lowest BCUT2D eigenvalue weighted by Gasteiger charge is -2.04. The van der Waals surface area contributed by atoms with Crippen molar-refractivity contribution in [3.63, 3.8) is 0 Å². The molecule has 0 aliphatic rings. The molecule has 17 heavy (non-hydrogen) atoms. The largest absolute Gasteiger partial charge is 0.321 e. The van der Waals surface area contributed by atoms with E-state index < -0.39 is 5.82 Å². The average molecular weight is 335 g/mol. The minimum absolute atomic E-state index is 0.0281. The van der Waals surface area contributed by atoms with Crippen molar-refractivity contribution in [1.29, 1.82) is 0 Å². The number of carbonyl (C=O) groups excluding carboxylic acids is 1. The van der Waals surface area contributed by atoms with E-state index in [4.69, 9.17) is 11.6 Å². The van der Waals surface area contributed by atoms with Crippen LogP contribution in [0.25, 0.3) is 0 Å². The van der Waals surface area contributed by atoms with Crippen LogP contribution in [0, 0.1) is 5.82 Å². The predicted molar refractivity (Wildman–Crippen MR) is 71.4 cm³/mol. The van der Waals surface area contributed by atoms with Crippen molar-refractivity contribution in [3.05, 3.63) is 49.8 Å². The minimum atomic E-state index is -0.560. The van der Waals surface area contributed by atoms with E-state index in [0.29, 0.717) is 10.6 Å². The molecule has 2 nitrogen and oxygen atoms in total. The molecule has 2 rings (SSSR count). The van der Waals surface area contributed by atoms with Crippen molar-refractivity contribution in [2.75, 3.05) is 5.32 Å². The fourth-order valence-corrected chi connectivity index (χ4v) is 2.78. The van der Waals surface area contributed by atoms with Gasteiger partial charge in [-0.15, -0.1) is 11.3 Å². The Bertz CT molecular complexity index is 572. The molecule has 1 aromatic heterocycles. The van der Waals surface area contributed by atoms with Gasteiger partial charge < -0.3 is 5.32 Å². The number of thiophene rings is 1. The molecule has 1 N–H and O–H groups in total. The first-order valence-electron chi connectivity index (χ1n) is 4.57. The van der Waals surface area contributed by atoms with E-state index in [9.17, 15) is 9.18 Å². The van der Waals surface area contributed by atoms with Crippen molar-refractivity contribution in [1.82, 2.24) is 0 Å². The van der Waals surface area contributed by atoms with Crippen LogP contribution in [-0.2, 0) is 0 Å². The summed E-state index contributed by atoms with van der Waals surface area (Å²) in [7, 11) is 0. The lowest BCUT2D eigenvalue weighted by molar-refractivity contribution is 0.103. The molecule has 88 valence electrons. The highest BCUT2D eigenvalue weighted by molar-refractivity contribution is 9.10. The van der Waals surface area contributed by atoms with Crippen LogP contribution >= 0.6 is 38.9 Å². The van der Waals surface area contributed by atoms with Crippen LogP contribution in [0.15, 0.2) is 34.1 Å². The van der Waals surface area contributed by atoms with Gasteiger partial charge >= 0.3 is 0 Å². The average Bonchev–Trinajstić information content (AvgIpc) is 2.70. The highest BCUT2D eigenvalue weighted by atomic mass is 79.9. The van der Waals surface area contributed by atoms with Crippen LogP contribution in [0.2, 0.25) is 5.02 Å². The van der Waals surface area contributed by atoms with E-state index >= 15 is 0 Å². The number of hydrogen-bond donors (Lipinski definition) is 1. The number of carbonyl (C=O) groups is 1. The molecule has 0 bridgehead atoms. The van der Waals surface area contributed by atoms with Gasteiger partial charge in [-0.05, 0) is 45.6 Å². The molecule has 2 aromatic rings. The Hall–Kier alpha value is -0.910. The van der Waals surface area contributed by atoms with Gasteiger partial charge in [0.05, 0.1) is 5.02 Å². The normalized spacial score (nSPS) is 10.3. The molecule has 1 amide bonds. The number of amides is 1. The fraction of sp³-hybridized carbons (Fsp3) is 0. The van der Waals surface area contributed by atoms with Gasteiger partial charge in [-0.3, -0.25) is 4.79 Å². The summed E-state index contributed by atoms with van der Waals surface area (Å²) in [5.41, 5.74) is 0.372. The van der Waals surface area contributed by atoms with Gasteiger partial charge in [0.15, 0.2) is 0 Å². The Morgan fingerprint density at radius 2 is 2.18 bits per heavy atom. The smallest absolute Gasteiger partial charge is 0.266 e. The summed E-state index contributed by atoms with van der Waals surface area (Å²) in [6.07, 6.45) is 0. The Balaban J connectivity index is 2.19. The molecule has 1 heterocycles. The van der Waals surface area contributed by atoms with Gasteiger partial charge in [0.2, 0.25) is 0 Å². The molecule has 0 aliphatic heterocycles. The van der Waals surface area contributed by atoms with Crippen LogP contribution in [0.5, 0.6) is 0 Å². The van der Waals surface area contributed by atoms with Crippen molar-refractivity contribution < 1.29 is 9.18 Å². The summed E-state index contributed by atoms with van der Waals surface area (Å²) in [6.45, 7) is 0. The first-order chi connectivity index (χ1) is 8.08. The summed E-state index contributed by atoms with van der Waals surface area (Å²) >= 11 is 10.1. The zero-order valence-electron chi connectivity index (χ0n) is 8.34. The van der Waals surface area contributed by atoms with Crippen molar-refractivity contribution in [2.24, 2.45) is 0 Å². The van der Waals surface area contributed by atoms with E-state index in [1.165, 1.54) is 23.5 Å². The van der Waals surface area contributed by atoms with Crippen molar-refractivity contribution in [3.8, 4) is 0 Å². The third kappa shape index (κ3) is 2.86. The maximum absolute atomic E-state index is 13.2. The Labute approximate surface area is 115 Å². The first-order valence-corrected chi connectivity index (χ1v) is 6.62. The number of hydrogen-bond acceptors (Lipinski definition) is 2. The second-order valence-electron chi connectivity index (χ2n) is 3.18. The molecule has 0 unspecified atom stereocenters. The van der Waals surface area contributed by atoms with E-state index in [1.54, 1.807) is 17.5 Å². The summed E-state index contributed by atoms with van der Waals surface area (Å²) in [5, 5.41) is 4.42. The number of halogens is 3. The molecule has 0 saturated heterocycles. The van der Waals surface area contributed by atoms with Crippen molar-refractivity contribution in [2.45, 2.75) is 0 Å². The lowest BCUT2D eigenvalue weighted by Crippen LogP contribution is -2.10. The molecular formula is C11H6BrClFNOS. The molecule has 1 aromatic carbocycles. The summed E-state index contributed by atoms with van der Waals surface area (Å²) in [4.78, 5) is 12.3. The van der Waals surface area contributed by atoms with Gasteiger partial charge in [-0.2, -0.15) is 0 Å². The van der Waals surface area contributed by atoms with Crippen molar-refractivity contribution >= 4 is 50.5 Å². The zero-order chi connectivity index (χ0) is 12.4. The summed E-state index contributed by atoms with van der Waals surface area (Å²) < 4.78 is 13.9. The second-order valence-corrected chi connectivity index (χ2v) is 5.36. The zero-order valence-corrected chi connectivity index (χ0v) is 11.5. The third-order valence-electron chi connectivity index (χ3n) is 2.00. The molecule has 6 heteroatoms. The lowest BCUT2D eigenvalue weighted by atomic mass is 10.3. The first kappa shape index (κ1) is 12.5. The third-order valence-corrected chi connectivity index (χ3v) is 4.14.